The van der Waals surface area contributed by atoms with E-state index in [0.717, 1.165) is 43.7 Å². The number of thioether (sulfide) groups is 1. The summed E-state index contributed by atoms with van der Waals surface area (Å²) in [6.07, 6.45) is 5.07. The van der Waals surface area contributed by atoms with Gasteiger partial charge in [-0.05, 0) is 20.8 Å². The molecule has 0 aromatic carbocycles. The van der Waals surface area contributed by atoms with Crippen LogP contribution in [0.15, 0.2) is 23.6 Å². The molecule has 0 amide bonds. The second-order valence-electron chi connectivity index (χ2n) is 5.78. The first kappa shape index (κ1) is 16.9. The van der Waals surface area contributed by atoms with Crippen molar-refractivity contribution in [2.45, 2.75) is 25.5 Å². The first-order valence-corrected chi connectivity index (χ1v) is 8.76. The zero-order valence-electron chi connectivity index (χ0n) is 13.7. The van der Waals surface area contributed by atoms with E-state index in [4.69, 9.17) is 4.99 Å². The van der Waals surface area contributed by atoms with E-state index in [1.807, 2.05) is 11.8 Å². The van der Waals surface area contributed by atoms with Crippen LogP contribution in [0.25, 0.3) is 0 Å². The number of guanidine groups is 1. The molecular weight excluding hydrogens is 296 g/mol. The third kappa shape index (κ3) is 5.36. The fraction of sp³-hybridized carbons (Fsp3) is 0.667. The Bertz CT molecular complexity index is 476. The van der Waals surface area contributed by atoms with Gasteiger partial charge in [-0.15, -0.1) is 0 Å². The van der Waals surface area contributed by atoms with E-state index in [-0.39, 0.29) is 4.75 Å². The minimum absolute atomic E-state index is 0.284. The molecule has 1 aromatic heterocycles. The van der Waals surface area contributed by atoms with E-state index in [1.165, 1.54) is 0 Å². The van der Waals surface area contributed by atoms with Crippen molar-refractivity contribution in [3.8, 4) is 0 Å². The molecule has 0 spiro atoms. The molecule has 0 unspecified atom stereocenters. The van der Waals surface area contributed by atoms with E-state index < -0.39 is 0 Å². The largest absolute Gasteiger partial charge is 0.367 e. The topological polar surface area (TPSA) is 65.4 Å². The minimum Gasteiger partial charge on any atom is -0.367 e. The predicted octanol–water partition coefficient (Wildman–Crippen LogP) is 1.68. The monoisotopic (exact) mass is 322 g/mol. The molecule has 0 aliphatic carbocycles. The number of aliphatic imine (C=N–C) groups is 1. The van der Waals surface area contributed by atoms with Gasteiger partial charge in [0.05, 0.1) is 12.7 Å². The molecule has 1 aromatic rings. The van der Waals surface area contributed by atoms with Gasteiger partial charge < -0.3 is 15.5 Å². The Labute approximate surface area is 137 Å². The van der Waals surface area contributed by atoms with Crippen molar-refractivity contribution in [1.82, 2.24) is 20.2 Å². The second kappa shape index (κ2) is 8.22. The van der Waals surface area contributed by atoms with Gasteiger partial charge >= 0.3 is 0 Å². The number of aromatic nitrogens is 2. The normalized spacial score (nSPS) is 18.1. The maximum atomic E-state index is 4.73. The molecule has 2 heterocycles. The van der Waals surface area contributed by atoms with Crippen LogP contribution in [0.3, 0.4) is 0 Å². The Kier molecular flexibility index (Phi) is 6.30. The van der Waals surface area contributed by atoms with Gasteiger partial charge in [-0.25, -0.2) is 4.98 Å². The molecule has 0 bridgehead atoms. The quantitative estimate of drug-likeness (QED) is 0.488. The molecule has 0 saturated carbocycles. The summed E-state index contributed by atoms with van der Waals surface area (Å²) in [5, 5.41) is 6.63. The summed E-state index contributed by atoms with van der Waals surface area (Å²) in [6.45, 7) is 11.1. The van der Waals surface area contributed by atoms with Crippen LogP contribution in [0, 0.1) is 0 Å². The van der Waals surface area contributed by atoms with Gasteiger partial charge in [0.2, 0.25) is 0 Å². The molecule has 1 fully saturated rings. The summed E-state index contributed by atoms with van der Waals surface area (Å²) in [6, 6.07) is 0. The van der Waals surface area contributed by atoms with Crippen molar-refractivity contribution in [3.63, 3.8) is 0 Å². The summed E-state index contributed by atoms with van der Waals surface area (Å²) in [7, 11) is 0. The Morgan fingerprint density at radius 1 is 1.45 bits per heavy atom. The third-order valence-corrected chi connectivity index (χ3v) is 4.60. The van der Waals surface area contributed by atoms with Gasteiger partial charge in [0.15, 0.2) is 5.96 Å². The number of rotatable bonds is 5. The van der Waals surface area contributed by atoms with Crippen LogP contribution in [0.2, 0.25) is 0 Å². The highest BCUT2D eigenvalue weighted by Crippen LogP contribution is 2.29. The van der Waals surface area contributed by atoms with Gasteiger partial charge in [0, 0.05) is 49.1 Å². The zero-order chi connectivity index (χ0) is 15.8. The van der Waals surface area contributed by atoms with Gasteiger partial charge in [-0.2, -0.15) is 11.8 Å². The Morgan fingerprint density at radius 3 is 3.00 bits per heavy atom. The average Bonchev–Trinajstić information content (AvgIpc) is 2.50. The minimum atomic E-state index is 0.284. The van der Waals surface area contributed by atoms with Crippen molar-refractivity contribution in [1.29, 1.82) is 0 Å². The molecule has 0 atom stereocenters. The summed E-state index contributed by atoms with van der Waals surface area (Å²) < 4.78 is 0.284. The molecule has 6 nitrogen and oxygen atoms in total. The van der Waals surface area contributed by atoms with E-state index in [1.54, 1.807) is 18.6 Å². The van der Waals surface area contributed by atoms with E-state index in [9.17, 15) is 0 Å². The summed E-state index contributed by atoms with van der Waals surface area (Å²) in [5.41, 5.74) is 0. The highest BCUT2D eigenvalue weighted by Gasteiger charge is 2.28. The smallest absolute Gasteiger partial charge is 0.194 e. The summed E-state index contributed by atoms with van der Waals surface area (Å²) in [4.78, 5) is 15.3. The van der Waals surface area contributed by atoms with Crippen LogP contribution < -0.4 is 10.6 Å². The highest BCUT2D eigenvalue weighted by atomic mass is 32.2. The average molecular weight is 322 g/mol. The SMILES string of the molecule is CCNC(=NCCNc1cnccn1)N1CCSC(C)(C)C1. The lowest BCUT2D eigenvalue weighted by atomic mass is 10.2. The van der Waals surface area contributed by atoms with E-state index in [0.29, 0.717) is 6.54 Å². The van der Waals surface area contributed by atoms with E-state index >= 15 is 0 Å². The lowest BCUT2D eigenvalue weighted by molar-refractivity contribution is 0.376. The van der Waals surface area contributed by atoms with Crippen LogP contribution in [0.4, 0.5) is 5.82 Å². The van der Waals surface area contributed by atoms with Crippen molar-refractivity contribution in [3.05, 3.63) is 18.6 Å². The fourth-order valence-electron chi connectivity index (χ4n) is 2.36. The van der Waals surface area contributed by atoms with Crippen LogP contribution in [0.1, 0.15) is 20.8 Å². The fourth-order valence-corrected chi connectivity index (χ4v) is 3.47. The molecule has 1 aliphatic rings. The zero-order valence-corrected chi connectivity index (χ0v) is 14.5. The second-order valence-corrected chi connectivity index (χ2v) is 7.58. The molecule has 22 heavy (non-hydrogen) atoms. The molecule has 0 radical (unpaired) electrons. The molecular formula is C15H26N6S. The molecule has 2 N–H and O–H groups in total. The highest BCUT2D eigenvalue weighted by molar-refractivity contribution is 8.00. The van der Waals surface area contributed by atoms with Gasteiger partial charge in [-0.1, -0.05) is 0 Å². The Hall–Kier alpha value is -1.50. The number of nitrogens with zero attached hydrogens (tertiary/aromatic N) is 4. The number of hydrogen-bond acceptors (Lipinski definition) is 5. The predicted molar refractivity (Wildman–Crippen MR) is 94.6 cm³/mol. The standard InChI is InChI=1S/C15H26N6S/c1-4-17-14(21-9-10-22-15(2,3)12-21)20-8-7-19-13-11-16-5-6-18-13/h5-6,11H,4,7-10,12H2,1-3H3,(H,17,20)(H,18,19). The maximum Gasteiger partial charge on any atom is 0.194 e. The maximum absolute atomic E-state index is 4.73. The van der Waals surface area contributed by atoms with Crippen LogP contribution in [-0.4, -0.2) is 64.1 Å². The van der Waals surface area contributed by atoms with Crippen molar-refractivity contribution < 1.29 is 0 Å². The molecule has 2 rings (SSSR count). The lowest BCUT2D eigenvalue weighted by Gasteiger charge is -2.39. The van der Waals surface area contributed by atoms with Gasteiger partial charge in [0.1, 0.15) is 5.82 Å². The first-order chi connectivity index (χ1) is 10.6. The summed E-state index contributed by atoms with van der Waals surface area (Å²) >= 11 is 2.03. The van der Waals surface area contributed by atoms with E-state index in [2.05, 4.69) is 46.3 Å². The number of hydrogen-bond donors (Lipinski definition) is 2. The first-order valence-electron chi connectivity index (χ1n) is 7.78. The van der Waals surface area contributed by atoms with Crippen molar-refractivity contribution in [2.24, 2.45) is 4.99 Å². The summed E-state index contributed by atoms with van der Waals surface area (Å²) in [5.74, 6) is 2.95. The molecule has 1 saturated heterocycles. The molecule has 1 aliphatic heterocycles. The Balaban J connectivity index is 1.87. The number of anilines is 1. The van der Waals surface area contributed by atoms with Crippen LogP contribution in [0.5, 0.6) is 0 Å². The number of nitrogens with one attached hydrogen (secondary N) is 2. The van der Waals surface area contributed by atoms with Crippen molar-refractivity contribution in [2.75, 3.05) is 43.8 Å². The van der Waals surface area contributed by atoms with Gasteiger partial charge in [-0.3, -0.25) is 9.98 Å². The molecule has 122 valence electrons. The Morgan fingerprint density at radius 2 is 2.32 bits per heavy atom. The van der Waals surface area contributed by atoms with Gasteiger partial charge in [0.25, 0.3) is 0 Å². The lowest BCUT2D eigenvalue weighted by Crippen LogP contribution is -2.51. The third-order valence-electron chi connectivity index (χ3n) is 3.30. The molecule has 7 heteroatoms. The van der Waals surface area contributed by atoms with Crippen molar-refractivity contribution >= 4 is 23.5 Å². The van der Waals surface area contributed by atoms with Crippen LogP contribution in [-0.2, 0) is 0 Å². The van der Waals surface area contributed by atoms with Crippen LogP contribution >= 0.6 is 11.8 Å².